The molecule has 0 amide bonds. The fourth-order valence-electron chi connectivity index (χ4n) is 1.37. The molecular formula is C14H18FNS. The van der Waals surface area contributed by atoms with Crippen LogP contribution in [0.1, 0.15) is 30.9 Å². The second kappa shape index (κ2) is 8.16. The highest BCUT2D eigenvalue weighted by Gasteiger charge is 2.02. The Morgan fingerprint density at radius 1 is 1.41 bits per heavy atom. The average molecular weight is 251 g/mol. The highest BCUT2D eigenvalue weighted by Crippen LogP contribution is 2.18. The van der Waals surface area contributed by atoms with E-state index in [1.807, 2.05) is 17.8 Å². The molecule has 3 heteroatoms. The number of nitrogens with two attached hydrogens (primary N) is 1. The molecule has 0 saturated carbocycles. The third-order valence-electron chi connectivity index (χ3n) is 2.30. The van der Waals surface area contributed by atoms with Gasteiger partial charge in [0.2, 0.25) is 0 Å². The summed E-state index contributed by atoms with van der Waals surface area (Å²) in [4.78, 5) is 0. The first kappa shape index (κ1) is 14.1. The Bertz CT molecular complexity index is 406. The molecule has 0 aliphatic heterocycles. The van der Waals surface area contributed by atoms with Crippen LogP contribution in [0, 0.1) is 17.7 Å². The minimum absolute atomic E-state index is 0.242. The van der Waals surface area contributed by atoms with Crippen LogP contribution in [0.2, 0.25) is 0 Å². The summed E-state index contributed by atoms with van der Waals surface area (Å²) in [7, 11) is 0. The molecule has 92 valence electrons. The van der Waals surface area contributed by atoms with Crippen molar-refractivity contribution in [2.24, 2.45) is 5.73 Å². The van der Waals surface area contributed by atoms with Crippen LogP contribution in [0.3, 0.4) is 0 Å². The molecular weight excluding hydrogens is 233 g/mol. The molecule has 0 unspecified atom stereocenters. The van der Waals surface area contributed by atoms with Gasteiger partial charge in [0.15, 0.2) is 0 Å². The fourth-order valence-corrected chi connectivity index (χ4v) is 2.47. The van der Waals surface area contributed by atoms with Gasteiger partial charge in [0, 0.05) is 11.3 Å². The lowest BCUT2D eigenvalue weighted by Gasteiger charge is -2.04. The van der Waals surface area contributed by atoms with E-state index in [0.29, 0.717) is 6.54 Å². The van der Waals surface area contributed by atoms with E-state index in [0.717, 1.165) is 22.6 Å². The van der Waals surface area contributed by atoms with Gasteiger partial charge in [-0.1, -0.05) is 31.3 Å². The second-order valence-corrected chi connectivity index (χ2v) is 4.82. The molecule has 0 fully saturated rings. The maximum atomic E-state index is 13.1. The van der Waals surface area contributed by atoms with Gasteiger partial charge in [0.25, 0.3) is 0 Å². The van der Waals surface area contributed by atoms with Crippen molar-refractivity contribution in [3.05, 3.63) is 35.1 Å². The minimum atomic E-state index is -0.242. The highest BCUT2D eigenvalue weighted by molar-refractivity contribution is 7.98. The van der Waals surface area contributed by atoms with Crippen LogP contribution in [0.4, 0.5) is 4.39 Å². The maximum absolute atomic E-state index is 13.1. The van der Waals surface area contributed by atoms with Crippen molar-refractivity contribution in [1.82, 2.24) is 0 Å². The van der Waals surface area contributed by atoms with Crippen LogP contribution in [-0.4, -0.2) is 12.3 Å². The van der Waals surface area contributed by atoms with Crippen molar-refractivity contribution in [1.29, 1.82) is 0 Å². The molecule has 1 nitrogen and oxygen atoms in total. The van der Waals surface area contributed by atoms with E-state index in [2.05, 4.69) is 18.8 Å². The number of halogens is 1. The van der Waals surface area contributed by atoms with Crippen LogP contribution in [0.15, 0.2) is 18.2 Å². The predicted octanol–water partition coefficient (Wildman–Crippen LogP) is 3.17. The molecule has 0 aliphatic carbocycles. The Balaban J connectivity index is 2.69. The molecule has 1 aromatic carbocycles. The van der Waals surface area contributed by atoms with Crippen LogP contribution in [0.25, 0.3) is 0 Å². The molecule has 2 N–H and O–H groups in total. The Morgan fingerprint density at radius 3 is 2.94 bits per heavy atom. The Hall–Kier alpha value is -0.980. The molecule has 0 spiro atoms. The van der Waals surface area contributed by atoms with Crippen molar-refractivity contribution in [2.75, 3.05) is 12.3 Å². The van der Waals surface area contributed by atoms with Gasteiger partial charge in [0.05, 0.1) is 6.54 Å². The van der Waals surface area contributed by atoms with Crippen molar-refractivity contribution in [3.63, 3.8) is 0 Å². The van der Waals surface area contributed by atoms with E-state index in [4.69, 9.17) is 5.73 Å². The van der Waals surface area contributed by atoms with Gasteiger partial charge in [-0.25, -0.2) is 4.39 Å². The zero-order valence-electron chi connectivity index (χ0n) is 10.1. The molecule has 0 aromatic heterocycles. The summed E-state index contributed by atoms with van der Waals surface area (Å²) in [6.07, 6.45) is 2.42. The van der Waals surface area contributed by atoms with Crippen LogP contribution >= 0.6 is 11.8 Å². The van der Waals surface area contributed by atoms with Crippen molar-refractivity contribution in [3.8, 4) is 11.8 Å². The number of benzene rings is 1. The topological polar surface area (TPSA) is 26.0 Å². The van der Waals surface area contributed by atoms with Gasteiger partial charge >= 0.3 is 0 Å². The Labute approximate surface area is 107 Å². The first-order valence-electron chi connectivity index (χ1n) is 5.83. The molecule has 0 radical (unpaired) electrons. The maximum Gasteiger partial charge on any atom is 0.124 e. The lowest BCUT2D eigenvalue weighted by Crippen LogP contribution is -1.95. The summed E-state index contributed by atoms with van der Waals surface area (Å²) in [5, 5.41) is 0. The number of rotatable bonds is 5. The third-order valence-corrected chi connectivity index (χ3v) is 3.39. The van der Waals surface area contributed by atoms with Gasteiger partial charge in [-0.2, -0.15) is 11.8 Å². The SMILES string of the molecule is CCCCSCc1ccc(F)cc1C#CCN. The van der Waals surface area contributed by atoms with Gasteiger partial charge in [-0.3, -0.25) is 0 Å². The van der Waals surface area contributed by atoms with E-state index in [1.54, 1.807) is 0 Å². The lowest BCUT2D eigenvalue weighted by molar-refractivity contribution is 0.627. The third kappa shape index (κ3) is 5.25. The molecule has 1 aromatic rings. The summed E-state index contributed by atoms with van der Waals surface area (Å²) in [5.74, 6) is 7.48. The quantitative estimate of drug-likeness (QED) is 0.642. The standard InChI is InChI=1S/C14H18FNS/c1-2-3-9-17-11-13-6-7-14(15)10-12(13)5-4-8-16/h6-7,10H,2-3,8-9,11,16H2,1H3. The van der Waals surface area contributed by atoms with E-state index in [9.17, 15) is 4.39 Å². The molecule has 0 atom stereocenters. The van der Waals surface area contributed by atoms with Gasteiger partial charge in [-0.15, -0.1) is 0 Å². The molecule has 0 aliphatic rings. The average Bonchev–Trinajstić information content (AvgIpc) is 2.34. The van der Waals surface area contributed by atoms with E-state index < -0.39 is 0 Å². The van der Waals surface area contributed by atoms with Crippen LogP contribution in [0.5, 0.6) is 0 Å². The minimum Gasteiger partial charge on any atom is -0.320 e. The summed E-state index contributed by atoms with van der Waals surface area (Å²) < 4.78 is 13.1. The molecule has 0 bridgehead atoms. The van der Waals surface area contributed by atoms with E-state index in [1.165, 1.54) is 25.0 Å². The zero-order valence-corrected chi connectivity index (χ0v) is 10.9. The Kier molecular flexibility index (Phi) is 6.76. The number of thioether (sulfide) groups is 1. The smallest absolute Gasteiger partial charge is 0.124 e. The van der Waals surface area contributed by atoms with E-state index >= 15 is 0 Å². The largest absolute Gasteiger partial charge is 0.320 e. The number of unbranched alkanes of at least 4 members (excludes halogenated alkanes) is 1. The molecule has 17 heavy (non-hydrogen) atoms. The first-order valence-corrected chi connectivity index (χ1v) is 6.98. The van der Waals surface area contributed by atoms with Crippen molar-refractivity contribution < 1.29 is 4.39 Å². The highest BCUT2D eigenvalue weighted by atomic mass is 32.2. The van der Waals surface area contributed by atoms with Crippen molar-refractivity contribution >= 4 is 11.8 Å². The summed E-state index contributed by atoms with van der Waals surface area (Å²) in [6, 6.07) is 4.79. The van der Waals surface area contributed by atoms with Gasteiger partial charge in [0.1, 0.15) is 5.82 Å². The zero-order chi connectivity index (χ0) is 12.5. The summed E-state index contributed by atoms with van der Waals surface area (Å²) in [6.45, 7) is 2.48. The van der Waals surface area contributed by atoms with Gasteiger partial charge < -0.3 is 5.73 Å². The van der Waals surface area contributed by atoms with Crippen LogP contribution < -0.4 is 5.73 Å². The van der Waals surface area contributed by atoms with E-state index in [-0.39, 0.29) is 5.82 Å². The molecule has 0 heterocycles. The monoisotopic (exact) mass is 251 g/mol. The summed E-state index contributed by atoms with van der Waals surface area (Å²) >= 11 is 1.86. The van der Waals surface area contributed by atoms with Crippen LogP contribution in [-0.2, 0) is 5.75 Å². The summed E-state index contributed by atoms with van der Waals surface area (Å²) in [5.41, 5.74) is 7.19. The molecule has 0 saturated heterocycles. The predicted molar refractivity (Wildman–Crippen MR) is 73.4 cm³/mol. The second-order valence-electron chi connectivity index (χ2n) is 3.71. The lowest BCUT2D eigenvalue weighted by atomic mass is 10.1. The fraction of sp³-hybridized carbons (Fsp3) is 0.429. The van der Waals surface area contributed by atoms with Gasteiger partial charge in [-0.05, 0) is 29.9 Å². The molecule has 1 rings (SSSR count). The number of hydrogen-bond donors (Lipinski definition) is 1. The normalized spacial score (nSPS) is 9.82. The first-order chi connectivity index (χ1) is 8.27. The van der Waals surface area contributed by atoms with Crippen molar-refractivity contribution in [2.45, 2.75) is 25.5 Å². The Morgan fingerprint density at radius 2 is 2.24 bits per heavy atom. The number of hydrogen-bond acceptors (Lipinski definition) is 2.